The van der Waals surface area contributed by atoms with Crippen molar-refractivity contribution in [3.8, 4) is 0 Å². The number of nitrogens with one attached hydrogen (secondary N) is 1. The molecule has 1 atom stereocenters. The van der Waals surface area contributed by atoms with E-state index in [4.69, 9.17) is 0 Å². The summed E-state index contributed by atoms with van der Waals surface area (Å²) in [7, 11) is 0. The second kappa shape index (κ2) is 9.74. The Morgan fingerprint density at radius 2 is 1.88 bits per heavy atom. The van der Waals surface area contributed by atoms with E-state index in [-0.39, 0.29) is 11.7 Å². The molecular formula is C23H22F5IN4O. The van der Waals surface area contributed by atoms with E-state index >= 15 is 0 Å². The van der Waals surface area contributed by atoms with Gasteiger partial charge >= 0.3 is 6.18 Å². The highest BCUT2D eigenvalue weighted by Crippen LogP contribution is 2.37. The standard InChI is InChI=1S/C23H22F5IN4O/c1-12(29)13-5-7-15(8-6-13)33-11-14-9-19(16(21(24)25)10-18(14)32-33)31-22(34)17-3-2-4-20(30-17)23(26,27)28/h2-4,9-13,15,21H,5-8H2,1H3,(H,31,34). The number of rotatable bonds is 5. The Bertz CT molecular complexity index is 1190. The van der Waals surface area contributed by atoms with Gasteiger partial charge in [-0.1, -0.05) is 35.6 Å². The highest BCUT2D eigenvalue weighted by molar-refractivity contribution is 14.1. The summed E-state index contributed by atoms with van der Waals surface area (Å²) in [6, 6.07) is 5.63. The van der Waals surface area contributed by atoms with Crippen LogP contribution in [0.2, 0.25) is 0 Å². The molecule has 0 saturated heterocycles. The summed E-state index contributed by atoms with van der Waals surface area (Å²) in [5.41, 5.74) is -2.03. The second-order valence-electron chi connectivity index (χ2n) is 8.51. The van der Waals surface area contributed by atoms with Gasteiger partial charge in [0, 0.05) is 21.1 Å². The highest BCUT2D eigenvalue weighted by atomic mass is 127. The SMILES string of the molecule is CC(I)C1CCC(n2cc3cc(NC(=O)c4cccc(C(F)(F)F)n4)c(C(F)F)cc3n2)CC1. The van der Waals surface area contributed by atoms with Crippen molar-refractivity contribution in [1.82, 2.24) is 14.8 Å². The molecule has 1 aromatic carbocycles. The number of aromatic nitrogens is 3. The number of hydrogen-bond acceptors (Lipinski definition) is 3. The molecule has 1 aliphatic rings. The Morgan fingerprint density at radius 3 is 2.50 bits per heavy atom. The summed E-state index contributed by atoms with van der Waals surface area (Å²) in [6.07, 6.45) is -1.86. The first kappa shape index (κ1) is 24.8. The van der Waals surface area contributed by atoms with E-state index in [1.54, 1.807) is 10.9 Å². The number of amides is 1. The quantitative estimate of drug-likeness (QED) is 0.194. The molecule has 1 fully saturated rings. The van der Waals surface area contributed by atoms with Crippen molar-refractivity contribution in [2.24, 2.45) is 5.92 Å². The van der Waals surface area contributed by atoms with E-state index in [9.17, 15) is 26.7 Å². The van der Waals surface area contributed by atoms with Crippen LogP contribution in [0.1, 0.15) is 66.8 Å². The van der Waals surface area contributed by atoms with Gasteiger partial charge in [0.15, 0.2) is 0 Å². The zero-order valence-electron chi connectivity index (χ0n) is 18.1. The molecule has 1 N–H and O–H groups in total. The average molecular weight is 592 g/mol. The average Bonchev–Trinajstić information content (AvgIpc) is 3.21. The van der Waals surface area contributed by atoms with Gasteiger partial charge in [0.1, 0.15) is 11.4 Å². The van der Waals surface area contributed by atoms with Crippen molar-refractivity contribution in [2.45, 2.75) is 55.2 Å². The third kappa shape index (κ3) is 5.33. The zero-order valence-corrected chi connectivity index (χ0v) is 20.3. The van der Waals surface area contributed by atoms with E-state index in [2.05, 4.69) is 44.9 Å². The molecule has 0 radical (unpaired) electrons. The van der Waals surface area contributed by atoms with E-state index in [0.29, 0.717) is 20.7 Å². The molecule has 4 rings (SSSR count). The normalized spacial score (nSPS) is 20.0. The van der Waals surface area contributed by atoms with Crippen LogP contribution in [0.4, 0.5) is 27.6 Å². The van der Waals surface area contributed by atoms with Crippen molar-refractivity contribution >= 4 is 45.1 Å². The number of anilines is 1. The molecule has 3 aromatic rings. The van der Waals surface area contributed by atoms with Gasteiger partial charge in [0.2, 0.25) is 0 Å². The van der Waals surface area contributed by atoms with Gasteiger partial charge in [0.05, 0.1) is 17.2 Å². The van der Waals surface area contributed by atoms with Gasteiger partial charge in [-0.05, 0) is 55.9 Å². The molecule has 2 aromatic heterocycles. The third-order valence-corrected chi connectivity index (χ3v) is 7.23. The van der Waals surface area contributed by atoms with Crippen molar-refractivity contribution in [1.29, 1.82) is 0 Å². The van der Waals surface area contributed by atoms with Gasteiger partial charge < -0.3 is 5.32 Å². The molecule has 1 amide bonds. The fourth-order valence-corrected chi connectivity index (χ4v) is 5.03. The maximum atomic E-state index is 13.8. The van der Waals surface area contributed by atoms with Crippen molar-refractivity contribution < 1.29 is 26.7 Å². The number of benzene rings is 1. The van der Waals surface area contributed by atoms with E-state index in [1.807, 2.05) is 0 Å². The van der Waals surface area contributed by atoms with Crippen LogP contribution >= 0.6 is 22.6 Å². The van der Waals surface area contributed by atoms with Crippen LogP contribution in [0, 0.1) is 5.92 Å². The minimum absolute atomic E-state index is 0.168. The maximum Gasteiger partial charge on any atom is 0.433 e. The van der Waals surface area contributed by atoms with E-state index in [1.165, 1.54) is 12.1 Å². The van der Waals surface area contributed by atoms with Crippen LogP contribution in [0.25, 0.3) is 10.9 Å². The molecule has 11 heteroatoms. The molecule has 5 nitrogen and oxygen atoms in total. The van der Waals surface area contributed by atoms with Gasteiger partial charge in [-0.25, -0.2) is 13.8 Å². The lowest BCUT2D eigenvalue weighted by molar-refractivity contribution is -0.141. The molecule has 1 aliphatic carbocycles. The van der Waals surface area contributed by atoms with Crippen LogP contribution in [0.3, 0.4) is 0 Å². The van der Waals surface area contributed by atoms with E-state index < -0.39 is 35.5 Å². The van der Waals surface area contributed by atoms with Crippen LogP contribution in [0.15, 0.2) is 36.5 Å². The Hall–Kier alpha value is -2.31. The van der Waals surface area contributed by atoms with Crippen molar-refractivity contribution in [2.75, 3.05) is 5.32 Å². The Kier molecular flexibility index (Phi) is 7.11. The van der Waals surface area contributed by atoms with Crippen LogP contribution in [-0.2, 0) is 6.18 Å². The summed E-state index contributed by atoms with van der Waals surface area (Å²) in [4.78, 5) is 15.9. The molecule has 0 aliphatic heterocycles. The molecule has 0 bridgehead atoms. The first-order chi connectivity index (χ1) is 16.0. The summed E-state index contributed by atoms with van der Waals surface area (Å²) in [6.45, 7) is 2.20. The van der Waals surface area contributed by atoms with Crippen LogP contribution < -0.4 is 5.32 Å². The molecule has 1 saturated carbocycles. The Balaban J connectivity index is 1.60. The molecule has 2 heterocycles. The van der Waals surface area contributed by atoms with Gasteiger partial charge in [-0.3, -0.25) is 9.48 Å². The molecule has 1 unspecified atom stereocenters. The number of carbonyl (C=O) groups is 1. The first-order valence-electron chi connectivity index (χ1n) is 10.8. The van der Waals surface area contributed by atoms with Crippen LogP contribution in [-0.4, -0.2) is 24.6 Å². The lowest BCUT2D eigenvalue weighted by atomic mass is 9.84. The number of alkyl halides is 6. The summed E-state index contributed by atoms with van der Waals surface area (Å²) in [5, 5.41) is 7.35. The molecule has 182 valence electrons. The summed E-state index contributed by atoms with van der Waals surface area (Å²) < 4.78 is 68.6. The number of nitrogens with zero attached hydrogens (tertiary/aromatic N) is 3. The number of fused-ring (bicyclic) bond motifs is 1. The number of halogens is 6. The largest absolute Gasteiger partial charge is 0.433 e. The van der Waals surface area contributed by atoms with Gasteiger partial charge in [-0.15, -0.1) is 0 Å². The third-order valence-electron chi connectivity index (χ3n) is 6.21. The van der Waals surface area contributed by atoms with Gasteiger partial charge in [0.25, 0.3) is 12.3 Å². The molecule has 34 heavy (non-hydrogen) atoms. The predicted octanol–water partition coefficient (Wildman–Crippen LogP) is 7.19. The fraction of sp³-hybridized carbons (Fsp3) is 0.435. The van der Waals surface area contributed by atoms with Gasteiger partial charge in [-0.2, -0.15) is 18.3 Å². The molecular weight excluding hydrogens is 570 g/mol. The lowest BCUT2D eigenvalue weighted by Gasteiger charge is -2.30. The highest BCUT2D eigenvalue weighted by Gasteiger charge is 2.33. The maximum absolute atomic E-state index is 13.8. The Morgan fingerprint density at radius 1 is 1.18 bits per heavy atom. The summed E-state index contributed by atoms with van der Waals surface area (Å²) >= 11 is 2.44. The predicted molar refractivity (Wildman–Crippen MR) is 126 cm³/mol. The fourth-order valence-electron chi connectivity index (χ4n) is 4.31. The van der Waals surface area contributed by atoms with Crippen molar-refractivity contribution in [3.05, 3.63) is 53.5 Å². The summed E-state index contributed by atoms with van der Waals surface area (Å²) in [5.74, 6) is -0.357. The minimum Gasteiger partial charge on any atom is -0.320 e. The second-order valence-corrected chi connectivity index (χ2v) is 10.5. The lowest BCUT2D eigenvalue weighted by Crippen LogP contribution is -2.22. The smallest absolute Gasteiger partial charge is 0.320 e. The van der Waals surface area contributed by atoms with E-state index in [0.717, 1.165) is 43.9 Å². The number of carbonyl (C=O) groups excluding carboxylic acids is 1. The first-order valence-corrected chi connectivity index (χ1v) is 12.1. The molecule has 0 spiro atoms. The van der Waals surface area contributed by atoms with Crippen LogP contribution in [0.5, 0.6) is 0 Å². The topological polar surface area (TPSA) is 59.8 Å². The zero-order chi connectivity index (χ0) is 24.6. The Labute approximate surface area is 206 Å². The monoisotopic (exact) mass is 592 g/mol. The number of pyridine rings is 1. The van der Waals surface area contributed by atoms with Crippen molar-refractivity contribution in [3.63, 3.8) is 0 Å². The number of hydrogen-bond donors (Lipinski definition) is 1. The minimum atomic E-state index is -4.73.